The van der Waals surface area contributed by atoms with E-state index in [1.807, 2.05) is 0 Å². The van der Waals surface area contributed by atoms with Crippen LogP contribution in [-0.4, -0.2) is 12.5 Å². The molecule has 102 valence electrons. The van der Waals surface area contributed by atoms with Gasteiger partial charge in [0.2, 0.25) is 0 Å². The molecule has 2 N–H and O–H groups in total. The Bertz CT molecular complexity index is 700. The first-order valence-corrected chi connectivity index (χ1v) is 6.21. The number of nitrogen functional groups attached to an aromatic ring is 1. The van der Waals surface area contributed by atoms with Gasteiger partial charge in [0.25, 0.3) is 5.91 Å². The molecule has 5 heteroatoms. The van der Waals surface area contributed by atoms with Gasteiger partial charge in [-0.05, 0) is 42.3 Å². The quantitative estimate of drug-likeness (QED) is 0.813. The van der Waals surface area contributed by atoms with Crippen molar-refractivity contribution in [3.8, 4) is 0 Å². The molecule has 20 heavy (non-hydrogen) atoms. The molecule has 0 unspecified atom stereocenters. The number of nitrogens with zero attached hydrogens (tertiary/aromatic N) is 1. The summed E-state index contributed by atoms with van der Waals surface area (Å²) >= 11 is 0. The van der Waals surface area contributed by atoms with Crippen molar-refractivity contribution in [3.63, 3.8) is 0 Å². The molecule has 2 aromatic rings. The van der Waals surface area contributed by atoms with E-state index in [0.717, 1.165) is 11.6 Å². The standard InChI is InChI=1S/C15H12F2N2O/c16-11-3-1-9-5-6-19(14(9)8-11)15(20)10-2-4-13(18)12(17)7-10/h1-4,7-8H,5-6,18H2. The van der Waals surface area contributed by atoms with Gasteiger partial charge in [-0.2, -0.15) is 0 Å². The van der Waals surface area contributed by atoms with Gasteiger partial charge in [-0.1, -0.05) is 6.07 Å². The second-order valence-corrected chi connectivity index (χ2v) is 4.72. The largest absolute Gasteiger partial charge is 0.396 e. The van der Waals surface area contributed by atoms with Gasteiger partial charge in [0, 0.05) is 12.1 Å². The normalized spacial score (nSPS) is 13.4. The predicted molar refractivity (Wildman–Crippen MR) is 72.6 cm³/mol. The maximum absolute atomic E-state index is 13.4. The Hall–Kier alpha value is -2.43. The van der Waals surface area contributed by atoms with E-state index < -0.39 is 11.6 Å². The van der Waals surface area contributed by atoms with Gasteiger partial charge < -0.3 is 10.6 Å². The molecule has 0 aromatic heterocycles. The summed E-state index contributed by atoms with van der Waals surface area (Å²) in [4.78, 5) is 13.8. The van der Waals surface area contributed by atoms with Crippen LogP contribution in [0.3, 0.4) is 0 Å². The van der Waals surface area contributed by atoms with E-state index in [1.165, 1.54) is 29.2 Å². The molecule has 3 nitrogen and oxygen atoms in total. The molecule has 1 aliphatic heterocycles. The fraction of sp³-hybridized carbons (Fsp3) is 0.133. The summed E-state index contributed by atoms with van der Waals surface area (Å²) in [6.45, 7) is 0.462. The third kappa shape index (κ3) is 2.01. The number of amides is 1. The van der Waals surface area contributed by atoms with Crippen LogP contribution in [0.1, 0.15) is 15.9 Å². The number of hydrogen-bond donors (Lipinski definition) is 1. The van der Waals surface area contributed by atoms with Crippen LogP contribution < -0.4 is 10.6 Å². The van der Waals surface area contributed by atoms with Crippen LogP contribution in [-0.2, 0) is 6.42 Å². The number of nitrogens with two attached hydrogens (primary N) is 1. The van der Waals surface area contributed by atoms with Crippen molar-refractivity contribution in [2.75, 3.05) is 17.2 Å². The summed E-state index contributed by atoms with van der Waals surface area (Å²) in [6.07, 6.45) is 0.665. The molecular formula is C15H12F2N2O. The Balaban J connectivity index is 1.97. The number of rotatable bonds is 1. The second-order valence-electron chi connectivity index (χ2n) is 4.72. The molecule has 1 amide bonds. The Morgan fingerprint density at radius 3 is 2.70 bits per heavy atom. The summed E-state index contributed by atoms with van der Waals surface area (Å²) in [5, 5.41) is 0. The lowest BCUT2D eigenvalue weighted by molar-refractivity contribution is 0.0989. The molecule has 0 saturated heterocycles. The highest BCUT2D eigenvalue weighted by Crippen LogP contribution is 2.30. The van der Waals surface area contributed by atoms with E-state index in [-0.39, 0.29) is 17.2 Å². The van der Waals surface area contributed by atoms with Gasteiger partial charge in [-0.25, -0.2) is 8.78 Å². The zero-order chi connectivity index (χ0) is 14.3. The van der Waals surface area contributed by atoms with Gasteiger partial charge in [0.05, 0.1) is 11.4 Å². The number of carbonyl (C=O) groups is 1. The van der Waals surface area contributed by atoms with E-state index in [0.29, 0.717) is 18.7 Å². The summed E-state index contributed by atoms with van der Waals surface area (Å²) < 4.78 is 26.7. The van der Waals surface area contributed by atoms with Crippen LogP contribution in [0.25, 0.3) is 0 Å². The van der Waals surface area contributed by atoms with Gasteiger partial charge in [0.1, 0.15) is 11.6 Å². The number of benzene rings is 2. The molecular weight excluding hydrogens is 262 g/mol. The molecule has 0 fully saturated rings. The summed E-state index contributed by atoms with van der Waals surface area (Å²) in [7, 11) is 0. The first-order valence-electron chi connectivity index (χ1n) is 6.21. The zero-order valence-corrected chi connectivity index (χ0v) is 10.6. The fourth-order valence-corrected chi connectivity index (χ4v) is 2.38. The van der Waals surface area contributed by atoms with Gasteiger partial charge in [0.15, 0.2) is 0 Å². The molecule has 0 spiro atoms. The molecule has 0 atom stereocenters. The number of fused-ring (bicyclic) bond motifs is 1. The number of halogens is 2. The predicted octanol–water partition coefficient (Wildman–Crippen LogP) is 2.75. The Kier molecular flexibility index (Phi) is 2.89. The van der Waals surface area contributed by atoms with Gasteiger partial charge in [-0.3, -0.25) is 4.79 Å². The van der Waals surface area contributed by atoms with Gasteiger partial charge in [-0.15, -0.1) is 0 Å². The highest BCUT2D eigenvalue weighted by Gasteiger charge is 2.26. The molecule has 1 aliphatic rings. The first-order chi connectivity index (χ1) is 9.56. The molecule has 2 aromatic carbocycles. The second kappa shape index (κ2) is 4.59. The van der Waals surface area contributed by atoms with Crippen molar-refractivity contribution in [1.29, 1.82) is 0 Å². The van der Waals surface area contributed by atoms with Crippen LogP contribution in [0.5, 0.6) is 0 Å². The summed E-state index contributed by atoms with van der Waals surface area (Å²) in [5.41, 5.74) is 7.05. The maximum Gasteiger partial charge on any atom is 0.258 e. The third-order valence-corrected chi connectivity index (χ3v) is 3.44. The first kappa shape index (κ1) is 12.6. The van der Waals surface area contributed by atoms with E-state index >= 15 is 0 Å². The minimum absolute atomic E-state index is 0.00517. The average Bonchev–Trinajstić information content (AvgIpc) is 2.84. The number of hydrogen-bond acceptors (Lipinski definition) is 2. The van der Waals surface area contributed by atoms with Crippen LogP contribution in [0.2, 0.25) is 0 Å². The Labute approximate surface area is 114 Å². The molecule has 1 heterocycles. The topological polar surface area (TPSA) is 46.3 Å². The van der Waals surface area contributed by atoms with Gasteiger partial charge >= 0.3 is 0 Å². The lowest BCUT2D eigenvalue weighted by Gasteiger charge is -2.17. The van der Waals surface area contributed by atoms with Crippen LogP contribution in [0.15, 0.2) is 36.4 Å². The van der Waals surface area contributed by atoms with Crippen molar-refractivity contribution in [3.05, 3.63) is 59.2 Å². The molecule has 0 saturated carbocycles. The average molecular weight is 274 g/mol. The molecule has 0 radical (unpaired) electrons. The minimum atomic E-state index is -0.630. The van der Waals surface area contributed by atoms with E-state index in [4.69, 9.17) is 5.73 Å². The minimum Gasteiger partial charge on any atom is -0.396 e. The van der Waals surface area contributed by atoms with Crippen LogP contribution in [0.4, 0.5) is 20.2 Å². The molecule has 0 bridgehead atoms. The van der Waals surface area contributed by atoms with Crippen molar-refractivity contribution in [1.82, 2.24) is 0 Å². The van der Waals surface area contributed by atoms with Crippen molar-refractivity contribution < 1.29 is 13.6 Å². The maximum atomic E-state index is 13.4. The Morgan fingerprint density at radius 2 is 1.95 bits per heavy atom. The fourth-order valence-electron chi connectivity index (χ4n) is 2.38. The highest BCUT2D eigenvalue weighted by molar-refractivity contribution is 6.07. The molecule has 0 aliphatic carbocycles. The van der Waals surface area contributed by atoms with E-state index in [2.05, 4.69) is 0 Å². The van der Waals surface area contributed by atoms with E-state index in [1.54, 1.807) is 6.07 Å². The van der Waals surface area contributed by atoms with Crippen LogP contribution in [0, 0.1) is 11.6 Å². The van der Waals surface area contributed by atoms with E-state index in [9.17, 15) is 13.6 Å². The smallest absolute Gasteiger partial charge is 0.258 e. The molecule has 3 rings (SSSR count). The third-order valence-electron chi connectivity index (χ3n) is 3.44. The van der Waals surface area contributed by atoms with Crippen molar-refractivity contribution in [2.24, 2.45) is 0 Å². The SMILES string of the molecule is Nc1ccc(C(=O)N2CCc3ccc(F)cc32)cc1F. The van der Waals surface area contributed by atoms with Crippen molar-refractivity contribution in [2.45, 2.75) is 6.42 Å². The lowest BCUT2D eigenvalue weighted by atomic mass is 10.1. The highest BCUT2D eigenvalue weighted by atomic mass is 19.1. The zero-order valence-electron chi connectivity index (χ0n) is 10.6. The van der Waals surface area contributed by atoms with Crippen molar-refractivity contribution >= 4 is 17.3 Å². The van der Waals surface area contributed by atoms with Crippen LogP contribution >= 0.6 is 0 Å². The summed E-state index contributed by atoms with van der Waals surface area (Å²) in [6, 6.07) is 8.29. The summed E-state index contributed by atoms with van der Waals surface area (Å²) in [5.74, 6) is -1.38. The number of carbonyl (C=O) groups excluding carboxylic acids is 1. The number of anilines is 2. The Morgan fingerprint density at radius 1 is 1.15 bits per heavy atom. The monoisotopic (exact) mass is 274 g/mol. The lowest BCUT2D eigenvalue weighted by Crippen LogP contribution is -2.29.